The van der Waals surface area contributed by atoms with Gasteiger partial charge < -0.3 is 35.0 Å². The molecule has 1 aromatic heterocycles. The third kappa shape index (κ3) is 7.49. The lowest BCUT2D eigenvalue weighted by molar-refractivity contribution is -0.137. The first kappa shape index (κ1) is 25.2. The number of halogens is 5. The van der Waals surface area contributed by atoms with Crippen LogP contribution < -0.4 is 30.1 Å². The molecule has 0 bridgehead atoms. The molecular weight excluding hydrogens is 426 g/mol. The fourth-order valence-corrected chi connectivity index (χ4v) is 3.13. The summed E-state index contributed by atoms with van der Waals surface area (Å²) >= 11 is 0. The molecule has 0 saturated carbocycles. The fourth-order valence-electron chi connectivity index (χ4n) is 3.13. The molecule has 0 atom stereocenters. The molecule has 2 heterocycles. The van der Waals surface area contributed by atoms with Crippen LogP contribution in [0.4, 0.5) is 13.2 Å². The molecule has 4 nitrogen and oxygen atoms in total. The smallest absolute Gasteiger partial charge is 0.416 e. The number of nitrogens with zero attached hydrogens (tertiary/aromatic N) is 2. The van der Waals surface area contributed by atoms with Crippen LogP contribution in [0.15, 0.2) is 42.6 Å². The van der Waals surface area contributed by atoms with Gasteiger partial charge in [-0.25, -0.2) is 0 Å². The van der Waals surface area contributed by atoms with Crippen molar-refractivity contribution in [2.45, 2.75) is 32.0 Å². The number of carbonyl (C=O) groups is 1. The summed E-state index contributed by atoms with van der Waals surface area (Å²) in [7, 11) is 0. The molecule has 9 heteroatoms. The highest BCUT2D eigenvalue weighted by molar-refractivity contribution is 5.93. The zero-order chi connectivity index (χ0) is 19.3. The molecule has 1 amide bonds. The first-order valence-corrected chi connectivity index (χ1v) is 9.03. The van der Waals surface area contributed by atoms with Crippen molar-refractivity contribution >= 4 is 5.91 Å². The lowest BCUT2D eigenvalue weighted by Crippen LogP contribution is -3.00. The number of alkyl halides is 3. The number of hydrogen-bond donors (Lipinski definition) is 1. The van der Waals surface area contributed by atoms with Crippen LogP contribution in [-0.2, 0) is 19.1 Å². The summed E-state index contributed by atoms with van der Waals surface area (Å²) in [6.07, 6.45) is 0.457. The summed E-state index contributed by atoms with van der Waals surface area (Å²) in [5.74, 6) is -0.356. The van der Waals surface area contributed by atoms with Gasteiger partial charge in [0.2, 0.25) is 0 Å². The summed E-state index contributed by atoms with van der Waals surface area (Å²) < 4.78 is 38.2. The second-order valence-corrected chi connectivity index (χ2v) is 6.72. The number of hydrogen-bond acceptors (Lipinski definition) is 3. The summed E-state index contributed by atoms with van der Waals surface area (Å²) in [6.45, 7) is 3.26. The predicted molar refractivity (Wildman–Crippen MR) is 96.2 cm³/mol. The molecule has 1 fully saturated rings. The minimum absolute atomic E-state index is 0. The van der Waals surface area contributed by atoms with Crippen molar-refractivity contribution < 1.29 is 42.8 Å². The number of amides is 1. The second-order valence-electron chi connectivity index (χ2n) is 6.72. The van der Waals surface area contributed by atoms with Gasteiger partial charge in [-0.3, -0.25) is 9.78 Å². The van der Waals surface area contributed by atoms with Gasteiger partial charge in [0.1, 0.15) is 0 Å². The van der Waals surface area contributed by atoms with E-state index in [1.165, 1.54) is 25.1 Å². The fraction of sp³-hybridized carbons (Fsp3) is 0.400. The molecule has 0 spiro atoms. The Morgan fingerprint density at radius 1 is 1.10 bits per heavy atom. The normalized spacial score (nSPS) is 14.0. The standard InChI is InChI=1S/C20H22F3N3O.2ClH/c21-20(22,23)17-5-3-4-15(12-17)13-25-19(27)16-6-7-18(24-14-16)8-11-26-9-1-2-10-26;;/h3-7,12,14H,1-2,8-11,13H2,(H,25,27);2*1H/p-2. The highest BCUT2D eigenvalue weighted by atomic mass is 35.5. The van der Waals surface area contributed by atoms with E-state index in [2.05, 4.69) is 15.2 Å². The van der Waals surface area contributed by atoms with E-state index in [-0.39, 0.29) is 37.3 Å². The van der Waals surface area contributed by atoms with Crippen molar-refractivity contribution in [2.24, 2.45) is 0 Å². The van der Waals surface area contributed by atoms with Gasteiger partial charge in [0.05, 0.1) is 11.1 Å². The van der Waals surface area contributed by atoms with E-state index in [9.17, 15) is 18.0 Å². The van der Waals surface area contributed by atoms with E-state index in [1.807, 2.05) is 6.07 Å². The van der Waals surface area contributed by atoms with E-state index < -0.39 is 11.7 Å². The van der Waals surface area contributed by atoms with Crippen LogP contribution in [0.25, 0.3) is 0 Å². The third-order valence-electron chi connectivity index (χ3n) is 4.68. The molecular formula is C20H22Cl2F3N3O-2. The van der Waals surface area contributed by atoms with Crippen molar-refractivity contribution in [1.82, 2.24) is 15.2 Å². The summed E-state index contributed by atoms with van der Waals surface area (Å²) in [5.41, 5.74) is 0.995. The lowest BCUT2D eigenvalue weighted by Gasteiger charge is -2.13. The van der Waals surface area contributed by atoms with Crippen LogP contribution in [0, 0.1) is 0 Å². The molecule has 0 unspecified atom stereocenters. The topological polar surface area (TPSA) is 45.2 Å². The van der Waals surface area contributed by atoms with Crippen molar-refractivity contribution in [3.8, 4) is 0 Å². The van der Waals surface area contributed by atoms with Crippen LogP contribution in [0.5, 0.6) is 0 Å². The number of rotatable bonds is 6. The van der Waals surface area contributed by atoms with E-state index >= 15 is 0 Å². The third-order valence-corrected chi connectivity index (χ3v) is 4.68. The monoisotopic (exact) mass is 447 g/mol. The maximum atomic E-state index is 12.7. The van der Waals surface area contributed by atoms with Gasteiger partial charge in [0.25, 0.3) is 5.91 Å². The molecule has 0 aliphatic carbocycles. The van der Waals surface area contributed by atoms with Crippen molar-refractivity contribution in [2.75, 3.05) is 19.6 Å². The van der Waals surface area contributed by atoms with Crippen molar-refractivity contribution in [1.29, 1.82) is 0 Å². The maximum absolute atomic E-state index is 12.7. The van der Waals surface area contributed by atoms with Gasteiger partial charge in [-0.1, -0.05) is 12.1 Å². The maximum Gasteiger partial charge on any atom is 0.416 e. The summed E-state index contributed by atoms with van der Waals surface area (Å²) in [6, 6.07) is 8.47. The van der Waals surface area contributed by atoms with Crippen LogP contribution in [0.3, 0.4) is 0 Å². The average Bonchev–Trinajstić information content (AvgIpc) is 3.18. The molecule has 1 saturated heterocycles. The van der Waals surface area contributed by atoms with E-state index in [0.29, 0.717) is 11.1 Å². The van der Waals surface area contributed by atoms with Crippen LogP contribution >= 0.6 is 0 Å². The first-order valence-electron chi connectivity index (χ1n) is 9.03. The Kier molecular flexibility index (Phi) is 9.89. The molecule has 29 heavy (non-hydrogen) atoms. The minimum atomic E-state index is -4.39. The minimum Gasteiger partial charge on any atom is -1.00 e. The molecule has 3 rings (SSSR count). The number of benzene rings is 1. The molecule has 1 aromatic carbocycles. The van der Waals surface area contributed by atoms with Crippen molar-refractivity contribution in [3.63, 3.8) is 0 Å². The van der Waals surface area contributed by atoms with Gasteiger partial charge in [-0.05, 0) is 55.8 Å². The Bertz CT molecular complexity index is 779. The summed E-state index contributed by atoms with van der Waals surface area (Å²) in [4.78, 5) is 18.9. The second kappa shape index (κ2) is 11.4. The number of aromatic nitrogens is 1. The highest BCUT2D eigenvalue weighted by Crippen LogP contribution is 2.29. The molecule has 1 N–H and O–H groups in total. The quantitative estimate of drug-likeness (QED) is 0.540. The number of likely N-dealkylation sites (tertiary alicyclic amines) is 1. The predicted octanol–water partition coefficient (Wildman–Crippen LogP) is -2.32. The number of carbonyl (C=O) groups excluding carboxylic acids is 1. The molecule has 2 aromatic rings. The van der Waals surface area contributed by atoms with Gasteiger partial charge in [0.15, 0.2) is 0 Å². The lowest BCUT2D eigenvalue weighted by atomic mass is 10.1. The largest absolute Gasteiger partial charge is 1.00 e. The molecule has 1 aliphatic heterocycles. The Balaban J connectivity index is 0.00000210. The zero-order valence-electron chi connectivity index (χ0n) is 15.7. The Hall–Kier alpha value is -1.83. The first-order chi connectivity index (χ1) is 12.9. The molecule has 160 valence electrons. The average molecular weight is 448 g/mol. The number of pyridine rings is 1. The van der Waals surface area contributed by atoms with E-state index in [1.54, 1.807) is 12.1 Å². The number of nitrogens with one attached hydrogen (secondary N) is 1. The Labute approximate surface area is 180 Å². The van der Waals surface area contributed by atoms with Gasteiger partial charge in [0, 0.05) is 31.4 Å². The molecule has 0 radical (unpaired) electrons. The zero-order valence-corrected chi connectivity index (χ0v) is 17.2. The Morgan fingerprint density at radius 2 is 1.83 bits per heavy atom. The van der Waals surface area contributed by atoms with Crippen molar-refractivity contribution in [3.05, 3.63) is 65.0 Å². The van der Waals surface area contributed by atoms with Crippen LogP contribution in [0.1, 0.15) is 40.0 Å². The molecule has 1 aliphatic rings. The van der Waals surface area contributed by atoms with Crippen LogP contribution in [-0.4, -0.2) is 35.4 Å². The van der Waals surface area contributed by atoms with E-state index in [4.69, 9.17) is 0 Å². The van der Waals surface area contributed by atoms with Gasteiger partial charge >= 0.3 is 6.18 Å². The SMILES string of the molecule is O=C(NCc1cccc(C(F)(F)F)c1)c1ccc(CCN2CCCC2)nc1.[Cl-].[Cl-]. The van der Waals surface area contributed by atoms with Gasteiger partial charge in [-0.2, -0.15) is 13.2 Å². The van der Waals surface area contributed by atoms with Crippen LogP contribution in [0.2, 0.25) is 0 Å². The highest BCUT2D eigenvalue weighted by Gasteiger charge is 2.30. The van der Waals surface area contributed by atoms with E-state index in [0.717, 1.165) is 43.9 Å². The summed E-state index contributed by atoms with van der Waals surface area (Å²) in [5, 5.41) is 2.64. The van der Waals surface area contributed by atoms with Gasteiger partial charge in [-0.15, -0.1) is 0 Å². The Morgan fingerprint density at radius 3 is 2.45 bits per heavy atom.